The monoisotopic (exact) mass is 1420 g/mol. The highest BCUT2D eigenvalue weighted by molar-refractivity contribution is 7.47. The summed E-state index contributed by atoms with van der Waals surface area (Å²) in [6, 6.07) is 0. The Hall–Kier alpha value is -1.94. The molecule has 0 amide bonds. The van der Waals surface area contributed by atoms with Crippen LogP contribution in [0.3, 0.4) is 0 Å². The van der Waals surface area contributed by atoms with E-state index in [0.29, 0.717) is 31.6 Å². The average molecular weight is 1420 g/mol. The van der Waals surface area contributed by atoms with Crippen LogP contribution in [0.2, 0.25) is 0 Å². The minimum atomic E-state index is -4.96. The van der Waals surface area contributed by atoms with E-state index in [1.807, 2.05) is 0 Å². The van der Waals surface area contributed by atoms with Crippen LogP contribution in [-0.4, -0.2) is 96.7 Å². The first-order valence-corrected chi connectivity index (χ1v) is 43.2. The first kappa shape index (κ1) is 95.1. The number of esters is 4. The Bertz CT molecular complexity index is 1900. The highest BCUT2D eigenvalue weighted by atomic mass is 31.2. The lowest BCUT2D eigenvalue weighted by atomic mass is 9.99. The summed E-state index contributed by atoms with van der Waals surface area (Å²) in [6.07, 6.45) is 52.8. The van der Waals surface area contributed by atoms with Gasteiger partial charge < -0.3 is 33.8 Å². The van der Waals surface area contributed by atoms with Crippen molar-refractivity contribution in [3.05, 3.63) is 0 Å². The molecule has 0 rings (SSSR count). The third-order valence-corrected chi connectivity index (χ3v) is 20.3. The van der Waals surface area contributed by atoms with Gasteiger partial charge in [-0.3, -0.25) is 37.3 Å². The Morgan fingerprint density at radius 1 is 0.289 bits per heavy atom. The third kappa shape index (κ3) is 70.9. The molecule has 0 saturated heterocycles. The zero-order valence-corrected chi connectivity index (χ0v) is 65.5. The molecule has 97 heavy (non-hydrogen) atoms. The lowest BCUT2D eigenvalue weighted by molar-refractivity contribution is -0.161. The van der Waals surface area contributed by atoms with E-state index in [-0.39, 0.29) is 25.7 Å². The van der Waals surface area contributed by atoms with E-state index < -0.39 is 97.5 Å². The molecule has 3 N–H and O–H groups in total. The van der Waals surface area contributed by atoms with Gasteiger partial charge in [0, 0.05) is 25.7 Å². The summed E-state index contributed by atoms with van der Waals surface area (Å²) in [7, 11) is -9.92. The number of aliphatic hydroxyl groups is 1. The van der Waals surface area contributed by atoms with Crippen molar-refractivity contribution in [3.8, 4) is 0 Å². The van der Waals surface area contributed by atoms with Gasteiger partial charge in [0.05, 0.1) is 26.4 Å². The molecule has 4 unspecified atom stereocenters. The second-order valence-electron chi connectivity index (χ2n) is 29.8. The van der Waals surface area contributed by atoms with Gasteiger partial charge in [0.1, 0.15) is 19.3 Å². The van der Waals surface area contributed by atoms with Crippen molar-refractivity contribution in [2.24, 2.45) is 23.7 Å². The van der Waals surface area contributed by atoms with Gasteiger partial charge in [0.2, 0.25) is 0 Å². The largest absolute Gasteiger partial charge is 0.472 e. The predicted molar refractivity (Wildman–Crippen MR) is 395 cm³/mol. The molecule has 0 heterocycles. The second kappa shape index (κ2) is 67.2. The molecular weight excluding hydrogens is 1270 g/mol. The summed E-state index contributed by atoms with van der Waals surface area (Å²) < 4.78 is 68.6. The van der Waals surface area contributed by atoms with Gasteiger partial charge in [0.25, 0.3) is 0 Å². The zero-order valence-electron chi connectivity index (χ0n) is 63.7. The summed E-state index contributed by atoms with van der Waals surface area (Å²) in [5.74, 6) is 0.959. The summed E-state index contributed by atoms with van der Waals surface area (Å²) in [4.78, 5) is 72.9. The standard InChI is InChI=1S/C78H152O17P2/c1-9-71(8)57-49-41-33-27-28-34-42-50-58-75(80)88-64-73(94-77(82)61-53-45-36-26-22-18-14-16-20-24-31-39-47-55-69(4)5)66-92-96(84,85)90-62-72(79)63-91-97(86,87)93-67-74(65-89-76(81)59-51-43-37-29-32-40-48-56-70(6)7)95-78(83)60-52-44-35-25-21-17-13-11-10-12-15-19-23-30-38-46-54-68(2)3/h68-74,79H,9-67H2,1-8H3,(H,84,85)(H,86,87)/t71?,72?,73-,74-/m1/s1. The quantitative estimate of drug-likeness (QED) is 0.0222. The van der Waals surface area contributed by atoms with Crippen LogP contribution in [0.25, 0.3) is 0 Å². The fourth-order valence-corrected chi connectivity index (χ4v) is 13.5. The highest BCUT2D eigenvalue weighted by Gasteiger charge is 2.30. The number of hydrogen-bond acceptors (Lipinski definition) is 15. The normalized spacial score (nSPS) is 14.4. The maximum absolute atomic E-state index is 13.1. The summed E-state index contributed by atoms with van der Waals surface area (Å²) in [5.41, 5.74) is 0. The smallest absolute Gasteiger partial charge is 0.462 e. The van der Waals surface area contributed by atoms with E-state index in [1.165, 1.54) is 193 Å². The highest BCUT2D eigenvalue weighted by Crippen LogP contribution is 2.45. The fourth-order valence-electron chi connectivity index (χ4n) is 11.9. The van der Waals surface area contributed by atoms with Gasteiger partial charge in [-0.15, -0.1) is 0 Å². The van der Waals surface area contributed by atoms with Gasteiger partial charge in [-0.05, 0) is 49.4 Å². The van der Waals surface area contributed by atoms with Crippen LogP contribution in [0, 0.1) is 23.7 Å². The van der Waals surface area contributed by atoms with Crippen LogP contribution in [0.5, 0.6) is 0 Å². The van der Waals surface area contributed by atoms with Crippen molar-refractivity contribution in [1.82, 2.24) is 0 Å². The van der Waals surface area contributed by atoms with Gasteiger partial charge in [-0.1, -0.05) is 344 Å². The molecule has 6 atom stereocenters. The first-order valence-electron chi connectivity index (χ1n) is 40.2. The Morgan fingerprint density at radius 2 is 0.495 bits per heavy atom. The molecule has 0 aromatic rings. The topological polar surface area (TPSA) is 237 Å². The van der Waals surface area contributed by atoms with Crippen molar-refractivity contribution in [3.63, 3.8) is 0 Å². The van der Waals surface area contributed by atoms with Crippen molar-refractivity contribution in [1.29, 1.82) is 0 Å². The minimum absolute atomic E-state index is 0.106. The van der Waals surface area contributed by atoms with E-state index in [1.54, 1.807) is 0 Å². The van der Waals surface area contributed by atoms with Crippen molar-refractivity contribution >= 4 is 39.5 Å². The molecule has 0 spiro atoms. The molecule has 0 bridgehead atoms. The minimum Gasteiger partial charge on any atom is -0.462 e. The zero-order chi connectivity index (χ0) is 71.7. The van der Waals surface area contributed by atoms with Gasteiger partial charge in [-0.25, -0.2) is 9.13 Å². The van der Waals surface area contributed by atoms with E-state index in [2.05, 4.69) is 55.4 Å². The number of aliphatic hydroxyl groups excluding tert-OH is 1. The Morgan fingerprint density at radius 3 is 0.732 bits per heavy atom. The average Bonchev–Trinajstić information content (AvgIpc) is 1.09. The molecule has 0 aromatic heterocycles. The SMILES string of the molecule is CCC(C)CCCCCCCCCCC(=O)OC[C@H](COP(=O)(O)OCC(O)COP(=O)(O)OC[C@@H](COC(=O)CCCCCCCCCC(C)C)OC(=O)CCCCCCCCCCCCCCCCCCC(C)C)OC(=O)CCCCCCCCCCCCCCCC(C)C. The molecule has 0 saturated carbocycles. The molecule has 0 aliphatic heterocycles. The van der Waals surface area contributed by atoms with Crippen LogP contribution >= 0.6 is 15.6 Å². The maximum atomic E-state index is 13.1. The van der Waals surface area contributed by atoms with Gasteiger partial charge in [0.15, 0.2) is 12.2 Å². The number of carbonyl (C=O) groups excluding carboxylic acids is 4. The lowest BCUT2D eigenvalue weighted by Crippen LogP contribution is -2.30. The van der Waals surface area contributed by atoms with E-state index in [0.717, 1.165) is 114 Å². The first-order chi connectivity index (χ1) is 46.6. The summed E-state index contributed by atoms with van der Waals surface area (Å²) in [6.45, 7) is 14.2. The van der Waals surface area contributed by atoms with Crippen LogP contribution in [-0.2, 0) is 65.4 Å². The molecule has 0 aliphatic rings. The van der Waals surface area contributed by atoms with Crippen LogP contribution in [0.15, 0.2) is 0 Å². The molecule has 576 valence electrons. The van der Waals surface area contributed by atoms with Gasteiger partial charge >= 0.3 is 39.5 Å². The molecule has 0 fully saturated rings. The maximum Gasteiger partial charge on any atom is 0.472 e. The number of ether oxygens (including phenoxy) is 4. The number of rotatable bonds is 75. The van der Waals surface area contributed by atoms with E-state index in [9.17, 15) is 43.2 Å². The number of phosphoric acid groups is 2. The Balaban J connectivity index is 5.23. The molecule has 0 aromatic carbocycles. The van der Waals surface area contributed by atoms with Crippen molar-refractivity contribution < 1.29 is 80.2 Å². The summed E-state index contributed by atoms with van der Waals surface area (Å²) >= 11 is 0. The summed E-state index contributed by atoms with van der Waals surface area (Å²) in [5, 5.41) is 10.6. The van der Waals surface area contributed by atoms with Crippen LogP contribution in [0.1, 0.15) is 396 Å². The van der Waals surface area contributed by atoms with Crippen LogP contribution in [0.4, 0.5) is 0 Å². The Kier molecular flexibility index (Phi) is 65.9. The van der Waals surface area contributed by atoms with Gasteiger partial charge in [-0.2, -0.15) is 0 Å². The number of carbonyl (C=O) groups is 4. The number of unbranched alkanes of at least 4 members (excludes halogenated alkanes) is 40. The van der Waals surface area contributed by atoms with E-state index in [4.69, 9.17) is 37.0 Å². The van der Waals surface area contributed by atoms with E-state index >= 15 is 0 Å². The molecular formula is C78H152O17P2. The fraction of sp³-hybridized carbons (Fsp3) is 0.949. The molecule has 17 nitrogen and oxygen atoms in total. The van der Waals surface area contributed by atoms with Crippen LogP contribution < -0.4 is 0 Å². The lowest BCUT2D eigenvalue weighted by Gasteiger charge is -2.21. The van der Waals surface area contributed by atoms with Crippen molar-refractivity contribution in [2.45, 2.75) is 414 Å². The predicted octanol–water partition coefficient (Wildman–Crippen LogP) is 22.8. The number of hydrogen-bond donors (Lipinski definition) is 3. The van der Waals surface area contributed by atoms with Crippen molar-refractivity contribution in [2.75, 3.05) is 39.6 Å². The molecule has 19 heteroatoms. The molecule has 0 aliphatic carbocycles. The Labute approximate surface area is 594 Å². The molecule has 0 radical (unpaired) electrons. The second-order valence-corrected chi connectivity index (χ2v) is 32.7. The number of phosphoric ester groups is 2. The third-order valence-electron chi connectivity index (χ3n) is 18.4.